The van der Waals surface area contributed by atoms with Gasteiger partial charge in [-0.2, -0.15) is 0 Å². The molecule has 216 valence electrons. The zero-order valence-electron chi connectivity index (χ0n) is 21.2. The Hall–Kier alpha value is -3.11. The SMILES string of the molecule is C[C@H]1O[C@@H](O[C@H]2[C@H](O)[C@@H](O)[C@H](Oc3cc(O)c4c(=O)cc(-c5ccccc5)oc4c3)O[C@@H]2CO)[C@H](O)[C@@H](O)[C@@H]1O. The van der Waals surface area contributed by atoms with Crippen molar-refractivity contribution >= 4 is 11.0 Å². The second kappa shape index (κ2) is 11.4. The van der Waals surface area contributed by atoms with Gasteiger partial charge in [-0.25, -0.2) is 0 Å². The maximum Gasteiger partial charge on any atom is 0.229 e. The van der Waals surface area contributed by atoms with Crippen molar-refractivity contribution in [3.8, 4) is 22.8 Å². The monoisotopic (exact) mass is 562 g/mol. The number of aliphatic hydroxyl groups is 6. The molecule has 7 N–H and O–H groups in total. The normalized spacial score (nSPS) is 34.6. The third kappa shape index (κ3) is 5.31. The highest BCUT2D eigenvalue weighted by Crippen LogP contribution is 2.34. The van der Waals surface area contributed by atoms with E-state index in [1.807, 2.05) is 0 Å². The molecule has 0 unspecified atom stereocenters. The number of hydrogen-bond acceptors (Lipinski definition) is 13. The summed E-state index contributed by atoms with van der Waals surface area (Å²) in [4.78, 5) is 12.7. The minimum absolute atomic E-state index is 0.00887. The molecule has 2 aliphatic rings. The van der Waals surface area contributed by atoms with Crippen LogP contribution in [0.25, 0.3) is 22.3 Å². The zero-order chi connectivity index (χ0) is 28.7. The number of benzene rings is 2. The van der Waals surface area contributed by atoms with Gasteiger partial charge in [-0.05, 0) is 6.92 Å². The maximum atomic E-state index is 12.7. The Kier molecular flexibility index (Phi) is 8.10. The molecule has 0 saturated carbocycles. The number of phenols is 1. The molecule has 0 bridgehead atoms. The molecule has 2 saturated heterocycles. The number of aliphatic hydroxyl groups excluding tert-OH is 6. The second-order valence-electron chi connectivity index (χ2n) is 9.76. The van der Waals surface area contributed by atoms with E-state index < -0.39 is 79.2 Å². The Bertz CT molecular complexity index is 1380. The number of hydrogen-bond donors (Lipinski definition) is 7. The van der Waals surface area contributed by atoms with E-state index in [0.29, 0.717) is 5.56 Å². The van der Waals surface area contributed by atoms with Crippen LogP contribution in [0.3, 0.4) is 0 Å². The van der Waals surface area contributed by atoms with Gasteiger partial charge in [0.1, 0.15) is 71.0 Å². The summed E-state index contributed by atoms with van der Waals surface area (Å²) in [5.41, 5.74) is 0.125. The summed E-state index contributed by atoms with van der Waals surface area (Å²) >= 11 is 0. The van der Waals surface area contributed by atoms with Gasteiger partial charge in [-0.1, -0.05) is 30.3 Å². The molecular formula is C27H30O13. The molecule has 13 nitrogen and oxygen atoms in total. The number of phenolic OH excluding ortho intramolecular Hbond substituents is 1. The molecule has 5 rings (SSSR count). The van der Waals surface area contributed by atoms with Crippen molar-refractivity contribution in [3.63, 3.8) is 0 Å². The fraction of sp³-hybridized carbons (Fsp3) is 0.444. The van der Waals surface area contributed by atoms with Crippen LogP contribution in [0, 0.1) is 0 Å². The van der Waals surface area contributed by atoms with Crippen LogP contribution in [0.1, 0.15) is 6.92 Å². The van der Waals surface area contributed by atoms with Gasteiger partial charge >= 0.3 is 0 Å². The third-order valence-electron chi connectivity index (χ3n) is 7.01. The van der Waals surface area contributed by atoms with E-state index in [1.54, 1.807) is 30.3 Å². The standard InChI is InChI=1S/C27H30O13/c1-11-20(31)21(32)23(34)26(36-11)40-25-18(10-28)39-27(24(35)22(25)33)37-13-7-14(29)19-15(30)9-16(38-17(19)8-13)12-5-3-2-4-6-12/h2-9,11,18,20-29,31-35H,10H2,1H3/t11-,18-,20-,21+,22-,23-,24-,25-,26+,27-/m1/s1. The van der Waals surface area contributed by atoms with Gasteiger partial charge in [0.05, 0.1) is 12.7 Å². The van der Waals surface area contributed by atoms with Gasteiger partial charge in [0.25, 0.3) is 0 Å². The van der Waals surface area contributed by atoms with Crippen molar-refractivity contribution in [1.29, 1.82) is 0 Å². The number of ether oxygens (including phenoxy) is 4. The number of fused-ring (bicyclic) bond motifs is 1. The lowest BCUT2D eigenvalue weighted by Gasteiger charge is -2.45. The van der Waals surface area contributed by atoms with E-state index >= 15 is 0 Å². The fourth-order valence-corrected chi connectivity index (χ4v) is 4.79. The van der Waals surface area contributed by atoms with Crippen molar-refractivity contribution in [2.24, 2.45) is 0 Å². The average molecular weight is 563 g/mol. The van der Waals surface area contributed by atoms with Crippen LogP contribution in [-0.2, 0) is 14.2 Å². The molecule has 0 aliphatic carbocycles. The highest BCUT2D eigenvalue weighted by Gasteiger charge is 2.50. The van der Waals surface area contributed by atoms with Gasteiger partial charge < -0.3 is 59.1 Å². The lowest BCUT2D eigenvalue weighted by atomic mass is 9.97. The Balaban J connectivity index is 1.37. The molecule has 0 amide bonds. The maximum absolute atomic E-state index is 12.7. The highest BCUT2D eigenvalue weighted by atomic mass is 16.7. The van der Waals surface area contributed by atoms with E-state index in [4.69, 9.17) is 23.4 Å². The minimum atomic E-state index is -1.76. The van der Waals surface area contributed by atoms with Crippen LogP contribution in [0.5, 0.6) is 11.5 Å². The van der Waals surface area contributed by atoms with Crippen molar-refractivity contribution in [1.82, 2.24) is 0 Å². The molecular weight excluding hydrogens is 532 g/mol. The first-order chi connectivity index (χ1) is 19.1. The minimum Gasteiger partial charge on any atom is -0.507 e. The predicted octanol–water partition coefficient (Wildman–Crippen LogP) is -0.804. The molecule has 0 radical (unpaired) electrons. The molecule has 3 aromatic rings. The lowest BCUT2D eigenvalue weighted by Crippen LogP contribution is -2.64. The van der Waals surface area contributed by atoms with E-state index in [2.05, 4.69) is 0 Å². The van der Waals surface area contributed by atoms with Gasteiger partial charge in [0.15, 0.2) is 11.7 Å². The van der Waals surface area contributed by atoms with Crippen molar-refractivity contribution in [2.45, 2.75) is 68.3 Å². The summed E-state index contributed by atoms with van der Waals surface area (Å²) in [6, 6.07) is 12.5. The molecule has 40 heavy (non-hydrogen) atoms. The lowest BCUT2D eigenvalue weighted by molar-refractivity contribution is -0.349. The van der Waals surface area contributed by atoms with Crippen molar-refractivity contribution in [3.05, 3.63) is 58.8 Å². The Morgan fingerprint density at radius 3 is 2.25 bits per heavy atom. The summed E-state index contributed by atoms with van der Waals surface area (Å²) in [6.07, 6.45) is -14.9. The Labute approximate surface area is 227 Å². The average Bonchev–Trinajstić information content (AvgIpc) is 2.94. The zero-order valence-corrected chi connectivity index (χ0v) is 21.2. The second-order valence-corrected chi connectivity index (χ2v) is 9.76. The summed E-state index contributed by atoms with van der Waals surface area (Å²) in [5, 5.41) is 72.1. The molecule has 2 aliphatic heterocycles. The summed E-state index contributed by atoms with van der Waals surface area (Å²) in [5.74, 6) is -0.286. The smallest absolute Gasteiger partial charge is 0.229 e. The van der Waals surface area contributed by atoms with Gasteiger partial charge in [-0.3, -0.25) is 4.79 Å². The van der Waals surface area contributed by atoms with Gasteiger partial charge in [0.2, 0.25) is 6.29 Å². The Morgan fingerprint density at radius 1 is 0.850 bits per heavy atom. The molecule has 1 aromatic heterocycles. The largest absolute Gasteiger partial charge is 0.507 e. The fourth-order valence-electron chi connectivity index (χ4n) is 4.79. The quantitative estimate of drug-likeness (QED) is 0.196. The van der Waals surface area contributed by atoms with Crippen molar-refractivity contribution < 1.29 is 59.1 Å². The number of aromatic hydroxyl groups is 1. The first-order valence-electron chi connectivity index (χ1n) is 12.6. The van der Waals surface area contributed by atoms with E-state index in [-0.39, 0.29) is 22.5 Å². The predicted molar refractivity (Wildman–Crippen MR) is 135 cm³/mol. The molecule has 13 heteroatoms. The summed E-state index contributed by atoms with van der Waals surface area (Å²) < 4.78 is 28.1. The van der Waals surface area contributed by atoms with E-state index in [9.17, 15) is 40.5 Å². The highest BCUT2D eigenvalue weighted by molar-refractivity contribution is 5.86. The van der Waals surface area contributed by atoms with Crippen LogP contribution in [0.2, 0.25) is 0 Å². The van der Waals surface area contributed by atoms with E-state index in [0.717, 1.165) is 6.07 Å². The molecule has 10 atom stereocenters. The topological polar surface area (TPSA) is 209 Å². The van der Waals surface area contributed by atoms with Crippen LogP contribution >= 0.6 is 0 Å². The number of rotatable bonds is 6. The Morgan fingerprint density at radius 2 is 1.55 bits per heavy atom. The first-order valence-corrected chi connectivity index (χ1v) is 12.6. The molecule has 2 aromatic carbocycles. The van der Waals surface area contributed by atoms with Crippen LogP contribution in [0.4, 0.5) is 0 Å². The van der Waals surface area contributed by atoms with Gasteiger partial charge in [-0.15, -0.1) is 0 Å². The van der Waals surface area contributed by atoms with E-state index in [1.165, 1.54) is 19.1 Å². The van der Waals surface area contributed by atoms with Gasteiger partial charge in [0, 0.05) is 23.8 Å². The van der Waals surface area contributed by atoms with Crippen LogP contribution < -0.4 is 10.2 Å². The van der Waals surface area contributed by atoms with Crippen LogP contribution in [-0.4, -0.2) is 104 Å². The van der Waals surface area contributed by atoms with Crippen LogP contribution in [0.15, 0.2) is 57.7 Å². The summed E-state index contributed by atoms with van der Waals surface area (Å²) in [6.45, 7) is 0.728. The molecule has 3 heterocycles. The summed E-state index contributed by atoms with van der Waals surface area (Å²) in [7, 11) is 0. The molecule has 0 spiro atoms. The molecule has 2 fully saturated rings. The first kappa shape index (κ1) is 28.4. The third-order valence-corrected chi connectivity index (χ3v) is 7.01. The van der Waals surface area contributed by atoms with Crippen molar-refractivity contribution in [2.75, 3.05) is 6.61 Å².